The minimum absolute atomic E-state index is 0.445. The van der Waals surface area contributed by atoms with Gasteiger partial charge in [-0.25, -0.2) is 5.26 Å². The van der Waals surface area contributed by atoms with Crippen molar-refractivity contribution in [2.75, 3.05) is 0 Å². The Labute approximate surface area is 160 Å². The molecule has 0 bridgehead atoms. The zero-order chi connectivity index (χ0) is 20.2. The molecular formula is C19H42BNO2Si2. The Balaban J connectivity index is 5.90. The lowest BCUT2D eigenvalue weighted by Gasteiger charge is -2.47. The Morgan fingerprint density at radius 2 is 0.760 bits per heavy atom. The summed E-state index contributed by atoms with van der Waals surface area (Å²) in [6.45, 7) is 27.0. The zero-order valence-electron chi connectivity index (χ0n) is 18.8. The quantitative estimate of drug-likeness (QED) is 0.384. The van der Waals surface area contributed by atoms with Crippen LogP contribution in [-0.4, -0.2) is 23.8 Å². The van der Waals surface area contributed by atoms with E-state index in [9.17, 15) is 5.26 Å². The van der Waals surface area contributed by atoms with Crippen LogP contribution in [0, 0.1) is 11.2 Å². The Bertz CT molecular complexity index is 368. The molecule has 0 aliphatic heterocycles. The predicted molar refractivity (Wildman–Crippen MR) is 116 cm³/mol. The van der Waals surface area contributed by atoms with Crippen LogP contribution in [0.4, 0.5) is 0 Å². The number of nitrogens with zero attached hydrogens (tertiary/aromatic N) is 1. The first kappa shape index (κ1) is 24.9. The van der Waals surface area contributed by atoms with Gasteiger partial charge in [-0.05, 0) is 33.2 Å². The van der Waals surface area contributed by atoms with Gasteiger partial charge in [0.25, 0.3) is 0 Å². The van der Waals surface area contributed by atoms with Crippen molar-refractivity contribution in [2.45, 2.75) is 116 Å². The van der Waals surface area contributed by atoms with Gasteiger partial charge < -0.3 is 8.69 Å². The summed E-state index contributed by atoms with van der Waals surface area (Å²) in [6.07, 6.45) is 0. The van der Waals surface area contributed by atoms with E-state index in [4.69, 9.17) is 8.69 Å². The molecule has 0 aromatic carbocycles. The molecule has 3 nitrogen and oxygen atoms in total. The van der Waals surface area contributed by atoms with Gasteiger partial charge in [0.05, 0.1) is 5.97 Å². The van der Waals surface area contributed by atoms with Crippen molar-refractivity contribution >= 4 is 23.8 Å². The van der Waals surface area contributed by atoms with E-state index in [0.717, 1.165) is 0 Å². The average Bonchev–Trinajstić information content (AvgIpc) is 2.45. The normalized spacial score (nSPS) is 13.6. The fourth-order valence-corrected chi connectivity index (χ4v) is 15.9. The van der Waals surface area contributed by atoms with E-state index in [1.54, 1.807) is 0 Å². The van der Waals surface area contributed by atoms with Crippen LogP contribution >= 0.6 is 0 Å². The van der Waals surface area contributed by atoms with Gasteiger partial charge in [0, 0.05) is 0 Å². The highest BCUT2D eigenvalue weighted by Crippen LogP contribution is 2.45. The van der Waals surface area contributed by atoms with Crippen molar-refractivity contribution in [1.82, 2.24) is 0 Å². The lowest BCUT2D eigenvalue weighted by Crippen LogP contribution is -2.57. The largest absolute Gasteiger partial charge is 0.557 e. The summed E-state index contributed by atoms with van der Waals surface area (Å²) in [5.74, 6) is 2.37. The summed E-state index contributed by atoms with van der Waals surface area (Å²) in [5, 5.41) is 9.89. The smallest absolute Gasteiger partial charge is 0.441 e. The maximum absolute atomic E-state index is 9.89. The molecule has 0 saturated heterocycles. The molecule has 0 fully saturated rings. The molecule has 0 aliphatic carbocycles. The maximum Gasteiger partial charge on any atom is 0.557 e. The fourth-order valence-electron chi connectivity index (χ4n) is 5.26. The van der Waals surface area contributed by atoms with Crippen LogP contribution in [0.1, 0.15) is 83.1 Å². The highest BCUT2D eigenvalue weighted by molar-refractivity contribution is 6.88. The highest BCUT2D eigenvalue weighted by atomic mass is 28.4. The number of rotatable bonds is 10. The molecular weight excluding hydrogens is 341 g/mol. The van der Waals surface area contributed by atoms with Gasteiger partial charge >= 0.3 is 7.12 Å². The second-order valence-corrected chi connectivity index (χ2v) is 20.1. The van der Waals surface area contributed by atoms with E-state index in [2.05, 4.69) is 89.1 Å². The second-order valence-electron chi connectivity index (χ2n) is 9.33. The molecule has 0 unspecified atom stereocenters. The van der Waals surface area contributed by atoms with Gasteiger partial charge in [-0.3, -0.25) is 0 Å². The van der Waals surface area contributed by atoms with Gasteiger partial charge in [0.2, 0.25) is 0 Å². The van der Waals surface area contributed by atoms with Crippen molar-refractivity contribution in [1.29, 1.82) is 5.26 Å². The van der Waals surface area contributed by atoms with Crippen LogP contribution in [-0.2, 0) is 8.69 Å². The zero-order valence-corrected chi connectivity index (χ0v) is 20.8. The summed E-state index contributed by atoms with van der Waals surface area (Å²) >= 11 is 0. The molecule has 0 aromatic heterocycles. The molecule has 0 aliphatic rings. The van der Waals surface area contributed by atoms with Crippen LogP contribution in [0.25, 0.3) is 0 Å². The van der Waals surface area contributed by atoms with Crippen LogP contribution in [0.15, 0.2) is 0 Å². The second kappa shape index (κ2) is 9.73. The molecule has 0 atom stereocenters. The molecule has 0 saturated carbocycles. The predicted octanol–water partition coefficient (Wildman–Crippen LogP) is 6.92. The Morgan fingerprint density at radius 1 is 0.560 bits per heavy atom. The van der Waals surface area contributed by atoms with E-state index in [1.807, 2.05) is 0 Å². The minimum atomic E-state index is -2.14. The summed E-state index contributed by atoms with van der Waals surface area (Å²) in [6, 6.07) is 0. The van der Waals surface area contributed by atoms with E-state index in [0.29, 0.717) is 33.2 Å². The van der Waals surface area contributed by atoms with Crippen molar-refractivity contribution in [3.63, 3.8) is 0 Å². The third-order valence-electron chi connectivity index (χ3n) is 6.14. The van der Waals surface area contributed by atoms with Gasteiger partial charge in [0.1, 0.15) is 0 Å². The Hall–Kier alpha value is -0.0913. The van der Waals surface area contributed by atoms with Gasteiger partial charge in [-0.15, -0.1) is 0 Å². The van der Waals surface area contributed by atoms with Crippen LogP contribution in [0.5, 0.6) is 0 Å². The molecule has 0 rings (SSSR count). The van der Waals surface area contributed by atoms with Gasteiger partial charge in [-0.1, -0.05) is 83.1 Å². The van der Waals surface area contributed by atoms with E-state index in [1.165, 1.54) is 0 Å². The number of hydrogen-bond donors (Lipinski definition) is 0. The molecule has 25 heavy (non-hydrogen) atoms. The maximum atomic E-state index is 9.89. The van der Waals surface area contributed by atoms with E-state index < -0.39 is 23.8 Å². The number of nitriles is 1. The van der Waals surface area contributed by atoms with Crippen molar-refractivity contribution < 1.29 is 8.69 Å². The summed E-state index contributed by atoms with van der Waals surface area (Å²) < 4.78 is 13.3. The molecule has 0 N–H and O–H groups in total. The van der Waals surface area contributed by atoms with Crippen LogP contribution in [0.2, 0.25) is 33.2 Å². The molecule has 0 heterocycles. The molecule has 0 spiro atoms. The summed E-state index contributed by atoms with van der Waals surface area (Å²) in [7, 11) is -5.02. The molecule has 0 radical (unpaired) electrons. The van der Waals surface area contributed by atoms with Crippen molar-refractivity contribution in [3.8, 4) is 5.97 Å². The average molecular weight is 384 g/mol. The van der Waals surface area contributed by atoms with Crippen molar-refractivity contribution in [2.24, 2.45) is 0 Å². The van der Waals surface area contributed by atoms with Crippen LogP contribution in [0.3, 0.4) is 0 Å². The minimum Gasteiger partial charge on any atom is -0.441 e. The lowest BCUT2D eigenvalue weighted by molar-refractivity contribution is 0.378. The lowest BCUT2D eigenvalue weighted by atomic mass is 9.97. The first-order chi connectivity index (χ1) is 11.3. The summed E-state index contributed by atoms with van der Waals surface area (Å²) in [4.78, 5) is 0. The molecule has 6 heteroatoms. The third-order valence-corrected chi connectivity index (χ3v) is 18.2. The van der Waals surface area contributed by atoms with Crippen LogP contribution < -0.4 is 0 Å². The molecule has 146 valence electrons. The van der Waals surface area contributed by atoms with E-state index in [-0.39, 0.29) is 0 Å². The Kier molecular flexibility index (Phi) is 9.70. The molecule has 0 aromatic rings. The highest BCUT2D eigenvalue weighted by Gasteiger charge is 2.52. The topological polar surface area (TPSA) is 42.2 Å². The van der Waals surface area contributed by atoms with Gasteiger partial charge in [0.15, 0.2) is 16.6 Å². The SMILES string of the molecule is CC(C)[Si](OB(C#N)O[Si](C(C)C)(C(C)C)C(C)C)(C(C)C)C(C)C. The monoisotopic (exact) mass is 383 g/mol. The first-order valence-electron chi connectivity index (χ1n) is 10.1. The Morgan fingerprint density at radius 3 is 0.880 bits per heavy atom. The van der Waals surface area contributed by atoms with Crippen molar-refractivity contribution in [3.05, 3.63) is 0 Å². The van der Waals surface area contributed by atoms with Gasteiger partial charge in [-0.2, -0.15) is 0 Å². The fraction of sp³-hybridized carbons (Fsp3) is 0.947. The standard InChI is InChI=1S/C19H42BNO2Si2/c1-14(2)24(15(3)4,16(5)6)22-20(13-21)23-25(17(7)8,18(9)10)19(11)12/h14-19H,1-12H3. The third kappa shape index (κ3) is 5.00. The van der Waals surface area contributed by atoms with E-state index >= 15 is 0 Å². The summed E-state index contributed by atoms with van der Waals surface area (Å²) in [5.41, 5.74) is 2.67. The first-order valence-corrected chi connectivity index (χ1v) is 14.3. The molecule has 0 amide bonds. The number of hydrogen-bond acceptors (Lipinski definition) is 3.